The summed E-state index contributed by atoms with van der Waals surface area (Å²) in [6.07, 6.45) is 4.07. The normalized spacial score (nSPS) is 20.9. The van der Waals surface area contributed by atoms with Gasteiger partial charge in [-0.15, -0.1) is 0 Å². The van der Waals surface area contributed by atoms with Crippen molar-refractivity contribution >= 4 is 11.6 Å². The number of aliphatic imine (C=N–C) groups is 1. The molecule has 1 aromatic carbocycles. The summed E-state index contributed by atoms with van der Waals surface area (Å²) in [7, 11) is 1.83. The average Bonchev–Trinajstić information content (AvgIpc) is 3.01. The van der Waals surface area contributed by atoms with E-state index in [1.807, 2.05) is 43.6 Å². The van der Waals surface area contributed by atoms with Gasteiger partial charge in [-0.1, -0.05) is 30.3 Å². The first-order chi connectivity index (χ1) is 11.2. The standard InChI is InChI=1S/C18H22N4O/c1-12(19-2)14-8-9-15(14)16-11-21-22-17(16)18(23)20-10-13-6-4-3-5-7-13/h3-7,11,14-15H,8-10H2,1-2H3,(H,20,23)(H,21,22)/b19-12+/t14?,15-/m1/s1. The summed E-state index contributed by atoms with van der Waals surface area (Å²) in [5.41, 5.74) is 3.75. The molecule has 0 radical (unpaired) electrons. The lowest BCUT2D eigenvalue weighted by atomic mass is 9.68. The fourth-order valence-electron chi connectivity index (χ4n) is 3.16. The smallest absolute Gasteiger partial charge is 0.272 e. The maximum absolute atomic E-state index is 12.5. The van der Waals surface area contributed by atoms with Gasteiger partial charge in [-0.25, -0.2) is 0 Å². The number of nitrogens with zero attached hydrogens (tertiary/aromatic N) is 2. The van der Waals surface area contributed by atoms with Crippen molar-refractivity contribution in [3.8, 4) is 0 Å². The second kappa shape index (κ2) is 6.77. The van der Waals surface area contributed by atoms with E-state index < -0.39 is 0 Å². The zero-order chi connectivity index (χ0) is 16.2. The second-order valence-corrected chi connectivity index (χ2v) is 6.01. The highest BCUT2D eigenvalue weighted by atomic mass is 16.1. The van der Waals surface area contributed by atoms with Crippen molar-refractivity contribution in [3.63, 3.8) is 0 Å². The molecule has 120 valence electrons. The molecule has 1 aliphatic carbocycles. The molecule has 1 fully saturated rings. The van der Waals surface area contributed by atoms with Gasteiger partial charge in [0.2, 0.25) is 0 Å². The zero-order valence-electron chi connectivity index (χ0n) is 13.5. The molecule has 1 aromatic heterocycles. The van der Waals surface area contributed by atoms with E-state index in [0.29, 0.717) is 24.1 Å². The Hall–Kier alpha value is -2.43. The van der Waals surface area contributed by atoms with E-state index in [1.54, 1.807) is 0 Å². The molecule has 2 N–H and O–H groups in total. The third-order valence-corrected chi connectivity index (χ3v) is 4.74. The molecule has 3 rings (SSSR count). The summed E-state index contributed by atoms with van der Waals surface area (Å²) in [6.45, 7) is 2.57. The quantitative estimate of drug-likeness (QED) is 0.834. The first-order valence-electron chi connectivity index (χ1n) is 7.99. The topological polar surface area (TPSA) is 70.1 Å². The molecular weight excluding hydrogens is 288 g/mol. The highest BCUT2D eigenvalue weighted by Gasteiger charge is 2.37. The minimum absolute atomic E-state index is 0.123. The van der Waals surface area contributed by atoms with Gasteiger partial charge in [-0.05, 0) is 31.2 Å². The van der Waals surface area contributed by atoms with Gasteiger partial charge in [-0.2, -0.15) is 5.10 Å². The Morgan fingerprint density at radius 1 is 1.35 bits per heavy atom. The number of aromatic nitrogens is 2. The van der Waals surface area contributed by atoms with Gasteiger partial charge in [0, 0.05) is 37.0 Å². The molecule has 0 saturated heterocycles. The van der Waals surface area contributed by atoms with Crippen LogP contribution < -0.4 is 5.32 Å². The Morgan fingerprint density at radius 2 is 2.13 bits per heavy atom. The minimum Gasteiger partial charge on any atom is -0.347 e. The molecule has 5 heteroatoms. The van der Waals surface area contributed by atoms with E-state index in [1.165, 1.54) is 0 Å². The summed E-state index contributed by atoms with van der Waals surface area (Å²) in [5.74, 6) is 0.648. The van der Waals surface area contributed by atoms with Crippen molar-refractivity contribution in [2.75, 3.05) is 7.05 Å². The van der Waals surface area contributed by atoms with Crippen LogP contribution in [0.2, 0.25) is 0 Å². The van der Waals surface area contributed by atoms with Crippen LogP contribution in [0.15, 0.2) is 41.5 Å². The molecule has 5 nitrogen and oxygen atoms in total. The fraction of sp³-hybridized carbons (Fsp3) is 0.389. The molecule has 1 aliphatic rings. The number of benzene rings is 1. The number of carbonyl (C=O) groups excluding carboxylic acids is 1. The highest BCUT2D eigenvalue weighted by molar-refractivity contribution is 5.94. The van der Waals surface area contributed by atoms with Crippen LogP contribution >= 0.6 is 0 Å². The van der Waals surface area contributed by atoms with Gasteiger partial charge in [0.25, 0.3) is 5.91 Å². The maximum atomic E-state index is 12.5. The molecule has 1 unspecified atom stereocenters. The van der Waals surface area contributed by atoms with Crippen LogP contribution in [0.25, 0.3) is 0 Å². The monoisotopic (exact) mass is 310 g/mol. The molecule has 1 saturated carbocycles. The Balaban J connectivity index is 1.70. The first-order valence-corrected chi connectivity index (χ1v) is 7.99. The number of hydrogen-bond acceptors (Lipinski definition) is 3. The van der Waals surface area contributed by atoms with Crippen molar-refractivity contribution in [3.05, 3.63) is 53.3 Å². The number of carbonyl (C=O) groups is 1. The Morgan fingerprint density at radius 3 is 2.78 bits per heavy atom. The molecule has 0 aliphatic heterocycles. The van der Waals surface area contributed by atoms with Gasteiger partial charge >= 0.3 is 0 Å². The number of hydrogen-bond donors (Lipinski definition) is 2. The Kier molecular flexibility index (Phi) is 4.55. The summed E-state index contributed by atoms with van der Waals surface area (Å²) in [6, 6.07) is 9.88. The number of H-pyrrole nitrogens is 1. The fourth-order valence-corrected chi connectivity index (χ4v) is 3.16. The van der Waals surface area contributed by atoms with Crippen LogP contribution in [0.1, 0.15) is 47.3 Å². The number of amides is 1. The number of aromatic amines is 1. The van der Waals surface area contributed by atoms with E-state index in [9.17, 15) is 4.79 Å². The van der Waals surface area contributed by atoms with Crippen molar-refractivity contribution < 1.29 is 4.79 Å². The average molecular weight is 310 g/mol. The molecule has 1 amide bonds. The summed E-state index contributed by atoms with van der Waals surface area (Å²) in [5, 5.41) is 9.98. The van der Waals surface area contributed by atoms with Gasteiger partial charge in [0.15, 0.2) is 5.69 Å². The van der Waals surface area contributed by atoms with Crippen molar-refractivity contribution in [2.45, 2.75) is 32.2 Å². The van der Waals surface area contributed by atoms with Crippen molar-refractivity contribution in [2.24, 2.45) is 10.9 Å². The zero-order valence-corrected chi connectivity index (χ0v) is 13.5. The molecule has 0 spiro atoms. The summed E-state index contributed by atoms with van der Waals surface area (Å²) in [4.78, 5) is 16.8. The Bertz CT molecular complexity index is 705. The highest BCUT2D eigenvalue weighted by Crippen LogP contribution is 2.44. The lowest BCUT2D eigenvalue weighted by Gasteiger charge is -2.36. The summed E-state index contributed by atoms with van der Waals surface area (Å²) >= 11 is 0. The summed E-state index contributed by atoms with van der Waals surface area (Å²) < 4.78 is 0. The van der Waals surface area contributed by atoms with E-state index in [4.69, 9.17) is 0 Å². The Labute approximate surface area is 136 Å². The van der Waals surface area contributed by atoms with Gasteiger partial charge in [0.1, 0.15) is 0 Å². The first kappa shape index (κ1) is 15.5. The van der Waals surface area contributed by atoms with Crippen LogP contribution in [0.4, 0.5) is 0 Å². The number of rotatable bonds is 5. The van der Waals surface area contributed by atoms with Crippen LogP contribution in [-0.2, 0) is 6.54 Å². The maximum Gasteiger partial charge on any atom is 0.272 e. The van der Waals surface area contributed by atoms with Crippen molar-refractivity contribution in [1.82, 2.24) is 15.5 Å². The molecule has 2 aromatic rings. The lowest BCUT2D eigenvalue weighted by molar-refractivity contribution is 0.0943. The lowest BCUT2D eigenvalue weighted by Crippen LogP contribution is -2.32. The predicted molar refractivity (Wildman–Crippen MR) is 90.7 cm³/mol. The minimum atomic E-state index is -0.123. The van der Waals surface area contributed by atoms with Gasteiger partial charge < -0.3 is 5.32 Å². The van der Waals surface area contributed by atoms with Gasteiger partial charge in [-0.3, -0.25) is 14.9 Å². The molecule has 23 heavy (non-hydrogen) atoms. The largest absolute Gasteiger partial charge is 0.347 e. The molecule has 1 heterocycles. The third kappa shape index (κ3) is 3.18. The van der Waals surface area contributed by atoms with Crippen LogP contribution in [0.5, 0.6) is 0 Å². The van der Waals surface area contributed by atoms with E-state index in [2.05, 4.69) is 27.4 Å². The third-order valence-electron chi connectivity index (χ3n) is 4.74. The van der Waals surface area contributed by atoms with Crippen LogP contribution in [-0.4, -0.2) is 28.9 Å². The second-order valence-electron chi connectivity index (χ2n) is 6.01. The van der Waals surface area contributed by atoms with Gasteiger partial charge in [0.05, 0.1) is 0 Å². The van der Waals surface area contributed by atoms with Crippen LogP contribution in [0, 0.1) is 5.92 Å². The molecule has 0 bridgehead atoms. The number of nitrogens with one attached hydrogen (secondary N) is 2. The van der Waals surface area contributed by atoms with E-state index >= 15 is 0 Å². The molecular formula is C18H22N4O. The molecule has 2 atom stereocenters. The SMILES string of the molecule is C/N=C(\C)C1CC[C@H]1c1c[nH]nc1C(=O)NCc1ccccc1. The predicted octanol–water partition coefficient (Wildman–Crippen LogP) is 2.92. The van der Waals surface area contributed by atoms with Crippen molar-refractivity contribution in [1.29, 1.82) is 0 Å². The van der Waals surface area contributed by atoms with E-state index in [0.717, 1.165) is 29.7 Å². The van der Waals surface area contributed by atoms with Crippen LogP contribution in [0.3, 0.4) is 0 Å². The van der Waals surface area contributed by atoms with E-state index in [-0.39, 0.29) is 5.91 Å².